The first-order valence-electron chi connectivity index (χ1n) is 6.69. The van der Waals surface area contributed by atoms with Crippen molar-refractivity contribution in [2.24, 2.45) is 5.92 Å². The largest absolute Gasteiger partial charge is 0.508 e. The summed E-state index contributed by atoms with van der Waals surface area (Å²) in [5.41, 5.74) is 0. The summed E-state index contributed by atoms with van der Waals surface area (Å²) in [6.07, 6.45) is 1.06. The van der Waals surface area contributed by atoms with Gasteiger partial charge in [0.05, 0.1) is 6.61 Å². The van der Waals surface area contributed by atoms with Crippen LogP contribution in [0.3, 0.4) is 0 Å². The number of phenolic OH excluding ortho intramolecular Hbond substituents is 1. The zero-order valence-corrected chi connectivity index (χ0v) is 14.4. The SMILES string of the molecule is CC(C)CCCCCOP(=O)(Cl)Cl.Oc1ccccc1. The van der Waals surface area contributed by atoms with Crippen LogP contribution in [0, 0.1) is 5.92 Å². The quantitative estimate of drug-likeness (QED) is 0.474. The topological polar surface area (TPSA) is 46.5 Å². The average molecular weight is 341 g/mol. The first kappa shape index (κ1) is 19.8. The molecule has 0 aromatic heterocycles. The molecule has 1 rings (SSSR count). The van der Waals surface area contributed by atoms with Crippen molar-refractivity contribution in [3.63, 3.8) is 0 Å². The second kappa shape index (κ2) is 11.4. The maximum Gasteiger partial charge on any atom is 0.380 e. The Bertz CT molecular complexity index is 379. The van der Waals surface area contributed by atoms with E-state index in [1.54, 1.807) is 24.3 Å². The molecule has 0 atom stereocenters. The van der Waals surface area contributed by atoms with Crippen LogP contribution in [0.4, 0.5) is 0 Å². The van der Waals surface area contributed by atoms with Crippen molar-refractivity contribution in [3.05, 3.63) is 30.3 Å². The lowest BCUT2D eigenvalue weighted by atomic mass is 10.1. The van der Waals surface area contributed by atoms with E-state index in [0.29, 0.717) is 12.4 Å². The molecule has 0 saturated carbocycles. The molecule has 0 unspecified atom stereocenters. The van der Waals surface area contributed by atoms with Crippen molar-refractivity contribution in [3.8, 4) is 5.75 Å². The lowest BCUT2D eigenvalue weighted by Crippen LogP contribution is -1.90. The van der Waals surface area contributed by atoms with E-state index in [1.807, 2.05) is 6.07 Å². The normalized spacial score (nSPS) is 11.1. The van der Waals surface area contributed by atoms with Crippen molar-refractivity contribution in [2.45, 2.75) is 39.5 Å². The molecule has 3 nitrogen and oxygen atoms in total. The van der Waals surface area contributed by atoms with Crippen LogP contribution in [0.25, 0.3) is 0 Å². The summed E-state index contributed by atoms with van der Waals surface area (Å²) in [4.78, 5) is 0. The number of hydrogen-bond acceptors (Lipinski definition) is 3. The van der Waals surface area contributed by atoms with Crippen molar-refractivity contribution in [1.82, 2.24) is 0 Å². The standard InChI is InChI=1S/C8H17Cl2O2P.C6H6O/c1-8(2)6-4-3-5-7-12-13(9,10)11;7-6-4-2-1-3-5-6/h8H,3-7H2,1-2H3;1-5,7H. The van der Waals surface area contributed by atoms with Crippen LogP contribution in [-0.4, -0.2) is 11.7 Å². The average Bonchev–Trinajstić information content (AvgIpc) is 2.34. The Morgan fingerprint density at radius 1 is 1.15 bits per heavy atom. The molecule has 0 amide bonds. The van der Waals surface area contributed by atoms with Gasteiger partial charge < -0.3 is 9.63 Å². The lowest BCUT2D eigenvalue weighted by Gasteiger charge is -2.05. The first-order valence-corrected chi connectivity index (χ1v) is 10.1. The molecule has 0 radical (unpaired) electrons. The van der Waals surface area contributed by atoms with E-state index in [-0.39, 0.29) is 0 Å². The smallest absolute Gasteiger partial charge is 0.380 e. The number of rotatable bonds is 7. The second-order valence-electron chi connectivity index (χ2n) is 4.83. The highest BCUT2D eigenvalue weighted by Gasteiger charge is 2.12. The second-order valence-corrected chi connectivity index (χ2v) is 9.10. The van der Waals surface area contributed by atoms with Crippen LogP contribution < -0.4 is 0 Å². The minimum Gasteiger partial charge on any atom is -0.508 e. The molecular weight excluding hydrogens is 318 g/mol. The Labute approximate surface area is 131 Å². The Morgan fingerprint density at radius 2 is 1.75 bits per heavy atom. The van der Waals surface area contributed by atoms with Gasteiger partial charge in [-0.05, 0) is 47.0 Å². The number of unbranched alkanes of at least 4 members (excludes halogenated alkanes) is 2. The van der Waals surface area contributed by atoms with Crippen molar-refractivity contribution in [2.75, 3.05) is 6.61 Å². The minimum absolute atomic E-state index is 0.322. The molecule has 0 spiro atoms. The number of hydrogen-bond donors (Lipinski definition) is 1. The number of benzene rings is 1. The molecule has 0 bridgehead atoms. The highest BCUT2D eigenvalue weighted by atomic mass is 35.9. The van der Waals surface area contributed by atoms with Gasteiger partial charge in [0.2, 0.25) is 0 Å². The van der Waals surface area contributed by atoms with E-state index >= 15 is 0 Å². The minimum atomic E-state index is -3.29. The third kappa shape index (κ3) is 15.8. The Hall–Kier alpha value is -0.210. The van der Waals surface area contributed by atoms with E-state index in [1.165, 1.54) is 12.8 Å². The Kier molecular flexibility index (Phi) is 11.3. The molecule has 0 aliphatic heterocycles. The van der Waals surface area contributed by atoms with Gasteiger partial charge in [0.15, 0.2) is 0 Å². The van der Waals surface area contributed by atoms with Gasteiger partial charge in [0.1, 0.15) is 5.75 Å². The van der Waals surface area contributed by atoms with Gasteiger partial charge >= 0.3 is 6.07 Å². The predicted molar refractivity (Wildman–Crippen MR) is 86.7 cm³/mol. The summed E-state index contributed by atoms with van der Waals surface area (Å²) < 4.78 is 15.4. The Morgan fingerprint density at radius 3 is 2.15 bits per heavy atom. The van der Waals surface area contributed by atoms with E-state index in [2.05, 4.69) is 13.8 Å². The van der Waals surface area contributed by atoms with Crippen molar-refractivity contribution < 1.29 is 14.2 Å². The van der Waals surface area contributed by atoms with Gasteiger partial charge in [-0.3, -0.25) is 4.57 Å². The van der Waals surface area contributed by atoms with Crippen LogP contribution in [0.15, 0.2) is 30.3 Å². The van der Waals surface area contributed by atoms with Crippen LogP contribution in [0.2, 0.25) is 0 Å². The van der Waals surface area contributed by atoms with Crippen LogP contribution >= 0.6 is 28.6 Å². The van der Waals surface area contributed by atoms with Gasteiger partial charge in [-0.15, -0.1) is 0 Å². The van der Waals surface area contributed by atoms with E-state index in [9.17, 15) is 4.57 Å². The zero-order valence-electron chi connectivity index (χ0n) is 12.0. The summed E-state index contributed by atoms with van der Waals surface area (Å²) in [5, 5.41) is 8.63. The molecule has 0 fully saturated rings. The lowest BCUT2D eigenvalue weighted by molar-refractivity contribution is 0.318. The fourth-order valence-electron chi connectivity index (χ4n) is 1.43. The highest BCUT2D eigenvalue weighted by Crippen LogP contribution is 2.57. The third-order valence-electron chi connectivity index (χ3n) is 2.42. The molecule has 20 heavy (non-hydrogen) atoms. The number of aromatic hydroxyl groups is 1. The molecule has 1 aromatic carbocycles. The maximum atomic E-state index is 10.7. The van der Waals surface area contributed by atoms with Gasteiger partial charge in [-0.2, -0.15) is 0 Å². The van der Waals surface area contributed by atoms with Crippen LogP contribution in [0.1, 0.15) is 39.5 Å². The molecule has 6 heteroatoms. The number of para-hydroxylation sites is 1. The van der Waals surface area contributed by atoms with Gasteiger partial charge in [-0.1, -0.05) is 51.3 Å². The van der Waals surface area contributed by atoms with Gasteiger partial charge in [0.25, 0.3) is 0 Å². The van der Waals surface area contributed by atoms with E-state index in [4.69, 9.17) is 32.1 Å². The molecule has 0 aliphatic carbocycles. The molecular formula is C14H23Cl2O3P. The van der Waals surface area contributed by atoms with Crippen molar-refractivity contribution >= 4 is 28.6 Å². The fourth-order valence-corrected chi connectivity index (χ4v) is 2.19. The van der Waals surface area contributed by atoms with Crippen LogP contribution in [-0.2, 0) is 9.09 Å². The zero-order chi connectivity index (χ0) is 15.4. The fraction of sp³-hybridized carbons (Fsp3) is 0.571. The molecule has 1 aromatic rings. The summed E-state index contributed by atoms with van der Waals surface area (Å²) in [7, 11) is 0. The third-order valence-corrected chi connectivity index (χ3v) is 3.49. The molecule has 0 heterocycles. The molecule has 0 aliphatic rings. The van der Waals surface area contributed by atoms with Crippen LogP contribution in [0.5, 0.6) is 5.75 Å². The summed E-state index contributed by atoms with van der Waals surface area (Å²) in [6.45, 7) is 4.78. The van der Waals surface area contributed by atoms with E-state index < -0.39 is 6.07 Å². The molecule has 0 saturated heterocycles. The van der Waals surface area contributed by atoms with Crippen molar-refractivity contribution in [1.29, 1.82) is 0 Å². The number of phenols is 1. The van der Waals surface area contributed by atoms with Gasteiger partial charge in [0, 0.05) is 0 Å². The molecule has 1 N–H and O–H groups in total. The summed E-state index contributed by atoms with van der Waals surface area (Å²) in [5.74, 6) is 1.07. The summed E-state index contributed by atoms with van der Waals surface area (Å²) in [6, 6.07) is 8.71. The monoisotopic (exact) mass is 340 g/mol. The summed E-state index contributed by atoms with van der Waals surface area (Å²) >= 11 is 10.4. The number of halogens is 2. The first-order chi connectivity index (χ1) is 9.31. The van der Waals surface area contributed by atoms with Gasteiger partial charge in [-0.25, -0.2) is 0 Å². The maximum absolute atomic E-state index is 10.7. The molecule has 116 valence electrons. The Balaban J connectivity index is 0.000000428. The highest BCUT2D eigenvalue weighted by molar-refractivity contribution is 8.05. The predicted octanol–water partition coefficient (Wildman–Crippen LogP) is 6.20. The van der Waals surface area contributed by atoms with E-state index in [0.717, 1.165) is 18.8 Å².